The van der Waals surface area contributed by atoms with Crippen LogP contribution in [0, 0.1) is 20.8 Å². The molecule has 0 bridgehead atoms. The standard InChI is InChI=1S/C18H27NO3/c1-11-7-12(2)16(13(3)8-11)9-15(20)10-18(5,6)19-14(4)17(21)22/h7-8,14,19H,9-10H2,1-6H3,(H,21,22). The van der Waals surface area contributed by atoms with Gasteiger partial charge in [-0.2, -0.15) is 0 Å². The van der Waals surface area contributed by atoms with E-state index in [-0.39, 0.29) is 5.78 Å². The van der Waals surface area contributed by atoms with Gasteiger partial charge in [-0.3, -0.25) is 14.9 Å². The van der Waals surface area contributed by atoms with Gasteiger partial charge in [0.15, 0.2) is 0 Å². The molecule has 4 heteroatoms. The molecule has 0 aliphatic rings. The van der Waals surface area contributed by atoms with Crippen molar-refractivity contribution < 1.29 is 14.7 Å². The quantitative estimate of drug-likeness (QED) is 0.813. The first-order valence-electron chi connectivity index (χ1n) is 7.61. The van der Waals surface area contributed by atoms with E-state index in [9.17, 15) is 9.59 Å². The average molecular weight is 305 g/mol. The van der Waals surface area contributed by atoms with E-state index in [2.05, 4.69) is 17.4 Å². The lowest BCUT2D eigenvalue weighted by molar-refractivity contribution is -0.139. The molecule has 0 saturated heterocycles. The summed E-state index contributed by atoms with van der Waals surface area (Å²) < 4.78 is 0. The van der Waals surface area contributed by atoms with Gasteiger partial charge in [-0.25, -0.2) is 0 Å². The molecular weight excluding hydrogens is 278 g/mol. The largest absolute Gasteiger partial charge is 0.480 e. The molecule has 0 fully saturated rings. The monoisotopic (exact) mass is 305 g/mol. The highest BCUT2D eigenvalue weighted by atomic mass is 16.4. The molecular formula is C18H27NO3. The minimum Gasteiger partial charge on any atom is -0.480 e. The number of hydrogen-bond donors (Lipinski definition) is 2. The molecule has 1 aromatic carbocycles. The van der Waals surface area contributed by atoms with E-state index in [1.165, 1.54) is 5.56 Å². The smallest absolute Gasteiger partial charge is 0.320 e. The molecule has 1 aromatic rings. The van der Waals surface area contributed by atoms with Gasteiger partial charge in [-0.15, -0.1) is 0 Å². The molecule has 0 saturated carbocycles. The number of Topliss-reactive ketones (excluding diaryl/α,β-unsaturated/α-hetero) is 1. The van der Waals surface area contributed by atoms with Gasteiger partial charge in [0.25, 0.3) is 0 Å². The molecule has 0 heterocycles. The van der Waals surface area contributed by atoms with Crippen molar-refractivity contribution >= 4 is 11.8 Å². The van der Waals surface area contributed by atoms with Crippen molar-refractivity contribution in [2.75, 3.05) is 0 Å². The second-order valence-electron chi connectivity index (χ2n) is 6.86. The Bertz CT molecular complexity index is 553. The normalized spacial score (nSPS) is 13.0. The Morgan fingerprint density at radius 2 is 1.68 bits per heavy atom. The molecule has 4 nitrogen and oxygen atoms in total. The summed E-state index contributed by atoms with van der Waals surface area (Å²) in [5.41, 5.74) is 4.01. The summed E-state index contributed by atoms with van der Waals surface area (Å²) in [6.45, 7) is 11.4. The van der Waals surface area contributed by atoms with Crippen LogP contribution >= 0.6 is 0 Å². The van der Waals surface area contributed by atoms with Gasteiger partial charge in [-0.1, -0.05) is 17.7 Å². The van der Waals surface area contributed by atoms with E-state index >= 15 is 0 Å². The van der Waals surface area contributed by atoms with E-state index < -0.39 is 17.6 Å². The zero-order chi connectivity index (χ0) is 17.1. The summed E-state index contributed by atoms with van der Waals surface area (Å²) in [6.07, 6.45) is 0.696. The van der Waals surface area contributed by atoms with Gasteiger partial charge in [0.1, 0.15) is 11.8 Å². The Kier molecular flexibility index (Phi) is 5.89. The predicted octanol–water partition coefficient (Wildman–Crippen LogP) is 2.95. The third-order valence-electron chi connectivity index (χ3n) is 3.83. The van der Waals surface area contributed by atoms with Crippen molar-refractivity contribution in [2.24, 2.45) is 0 Å². The maximum absolute atomic E-state index is 12.4. The molecule has 0 radical (unpaired) electrons. The van der Waals surface area contributed by atoms with E-state index in [1.54, 1.807) is 6.92 Å². The number of carbonyl (C=O) groups is 2. The zero-order valence-electron chi connectivity index (χ0n) is 14.4. The maximum Gasteiger partial charge on any atom is 0.320 e. The van der Waals surface area contributed by atoms with Gasteiger partial charge < -0.3 is 5.11 Å². The van der Waals surface area contributed by atoms with Crippen molar-refractivity contribution in [2.45, 2.75) is 66.0 Å². The second-order valence-corrected chi connectivity index (χ2v) is 6.86. The Balaban J connectivity index is 2.76. The highest BCUT2D eigenvalue weighted by molar-refractivity contribution is 5.83. The van der Waals surface area contributed by atoms with Gasteiger partial charge >= 0.3 is 5.97 Å². The number of nitrogens with one attached hydrogen (secondary N) is 1. The summed E-state index contributed by atoms with van der Waals surface area (Å²) in [5, 5.41) is 12.0. The van der Waals surface area contributed by atoms with Gasteiger partial charge in [-0.05, 0) is 58.2 Å². The topological polar surface area (TPSA) is 66.4 Å². The number of hydrogen-bond acceptors (Lipinski definition) is 3. The number of rotatable bonds is 7. The van der Waals surface area contributed by atoms with Crippen molar-refractivity contribution in [3.05, 3.63) is 34.4 Å². The summed E-state index contributed by atoms with van der Waals surface area (Å²) in [6, 6.07) is 3.50. The fraction of sp³-hybridized carbons (Fsp3) is 0.556. The summed E-state index contributed by atoms with van der Waals surface area (Å²) >= 11 is 0. The highest BCUT2D eigenvalue weighted by Gasteiger charge is 2.26. The Hall–Kier alpha value is -1.68. The first-order chi connectivity index (χ1) is 10.0. The molecule has 22 heavy (non-hydrogen) atoms. The molecule has 1 atom stereocenters. The van der Waals surface area contributed by atoms with Crippen LogP contribution in [0.2, 0.25) is 0 Å². The number of aliphatic carboxylic acids is 1. The van der Waals surface area contributed by atoms with Crippen LogP contribution in [0.25, 0.3) is 0 Å². The molecule has 1 unspecified atom stereocenters. The molecule has 122 valence electrons. The van der Waals surface area contributed by atoms with Crippen LogP contribution in [-0.2, 0) is 16.0 Å². The number of carboxylic acids is 1. The number of carbonyl (C=O) groups excluding carboxylic acids is 1. The molecule has 2 N–H and O–H groups in total. The number of aryl methyl sites for hydroxylation is 3. The maximum atomic E-state index is 12.4. The fourth-order valence-corrected chi connectivity index (χ4v) is 2.94. The van der Waals surface area contributed by atoms with Crippen molar-refractivity contribution in [1.82, 2.24) is 5.32 Å². The van der Waals surface area contributed by atoms with Crippen LogP contribution < -0.4 is 5.32 Å². The number of ketones is 1. The summed E-state index contributed by atoms with van der Waals surface area (Å²) in [4.78, 5) is 23.3. The van der Waals surface area contributed by atoms with Gasteiger partial charge in [0.05, 0.1) is 0 Å². The van der Waals surface area contributed by atoms with Gasteiger partial charge in [0.2, 0.25) is 0 Å². The highest BCUT2D eigenvalue weighted by Crippen LogP contribution is 2.19. The SMILES string of the molecule is Cc1cc(C)c(CC(=O)CC(C)(C)NC(C)C(=O)O)c(C)c1. The average Bonchev–Trinajstić information content (AvgIpc) is 2.32. The van der Waals surface area contributed by atoms with E-state index in [1.807, 2.05) is 34.6 Å². The Morgan fingerprint density at radius 1 is 1.18 bits per heavy atom. The minimum atomic E-state index is -0.911. The number of carboxylic acid groups (broad SMARTS) is 1. The van der Waals surface area contributed by atoms with Crippen LogP contribution in [0.3, 0.4) is 0 Å². The van der Waals surface area contributed by atoms with Crippen LogP contribution in [0.15, 0.2) is 12.1 Å². The molecule has 0 aromatic heterocycles. The van der Waals surface area contributed by atoms with Gasteiger partial charge in [0, 0.05) is 18.4 Å². The number of benzene rings is 1. The van der Waals surface area contributed by atoms with E-state index in [0.717, 1.165) is 16.7 Å². The van der Waals surface area contributed by atoms with Crippen molar-refractivity contribution in [1.29, 1.82) is 0 Å². The molecule has 1 rings (SSSR count). The lowest BCUT2D eigenvalue weighted by Crippen LogP contribution is -2.49. The van der Waals surface area contributed by atoms with Crippen molar-refractivity contribution in [3.63, 3.8) is 0 Å². The van der Waals surface area contributed by atoms with E-state index in [0.29, 0.717) is 12.8 Å². The van der Waals surface area contributed by atoms with E-state index in [4.69, 9.17) is 5.11 Å². The lowest BCUT2D eigenvalue weighted by atomic mass is 9.90. The Morgan fingerprint density at radius 3 is 2.14 bits per heavy atom. The van der Waals surface area contributed by atoms with Crippen LogP contribution in [0.4, 0.5) is 0 Å². The Labute approximate surface area is 132 Å². The molecule has 0 amide bonds. The van der Waals surface area contributed by atoms with Crippen LogP contribution in [0.1, 0.15) is 49.4 Å². The molecule has 0 spiro atoms. The van der Waals surface area contributed by atoms with Crippen LogP contribution in [-0.4, -0.2) is 28.4 Å². The predicted molar refractivity (Wildman–Crippen MR) is 88.3 cm³/mol. The second kappa shape index (κ2) is 7.05. The lowest BCUT2D eigenvalue weighted by Gasteiger charge is -2.28. The minimum absolute atomic E-state index is 0.116. The third-order valence-corrected chi connectivity index (χ3v) is 3.83. The summed E-state index contributed by atoms with van der Waals surface area (Å²) in [7, 11) is 0. The molecule has 0 aliphatic heterocycles. The third kappa shape index (κ3) is 5.26. The first-order valence-corrected chi connectivity index (χ1v) is 7.61. The van der Waals surface area contributed by atoms with Crippen molar-refractivity contribution in [3.8, 4) is 0 Å². The van der Waals surface area contributed by atoms with Crippen LogP contribution in [0.5, 0.6) is 0 Å². The zero-order valence-corrected chi connectivity index (χ0v) is 14.4. The molecule has 0 aliphatic carbocycles. The first kappa shape index (κ1) is 18.4. The fourth-order valence-electron chi connectivity index (χ4n) is 2.94. The summed E-state index contributed by atoms with van der Waals surface area (Å²) in [5.74, 6) is -0.795.